The van der Waals surface area contributed by atoms with Gasteiger partial charge in [0.2, 0.25) is 0 Å². The molecule has 1 heterocycles. The van der Waals surface area contributed by atoms with Crippen LogP contribution in [0.3, 0.4) is 0 Å². The van der Waals surface area contributed by atoms with E-state index in [2.05, 4.69) is 22.7 Å². The zero-order chi connectivity index (χ0) is 14.6. The van der Waals surface area contributed by atoms with Crippen molar-refractivity contribution in [2.75, 3.05) is 6.61 Å². The molecule has 0 fully saturated rings. The van der Waals surface area contributed by atoms with Crippen LogP contribution in [0.1, 0.15) is 20.8 Å². The number of ether oxygens (including phenoxy) is 2. The number of nitrogens with zero attached hydrogens (tertiary/aromatic N) is 1. The molecule has 8 heteroatoms. The first-order chi connectivity index (χ1) is 8.79. The molecule has 3 N–H and O–H groups in total. The van der Waals surface area contributed by atoms with Gasteiger partial charge in [0.05, 0.1) is 12.8 Å². The number of carbonyl (C=O) groups excluding carboxylic acids is 2. The largest absolute Gasteiger partial charge is 0.462 e. The maximum Gasteiger partial charge on any atom is 0.346 e. The summed E-state index contributed by atoms with van der Waals surface area (Å²) in [5, 5.41) is 3.71. The van der Waals surface area contributed by atoms with Gasteiger partial charge in [0.1, 0.15) is 5.60 Å². The molecule has 0 aliphatic carbocycles. The van der Waals surface area contributed by atoms with Crippen molar-refractivity contribution in [2.45, 2.75) is 26.4 Å². The van der Waals surface area contributed by atoms with Gasteiger partial charge in [-0.05, 0) is 33.0 Å². The summed E-state index contributed by atoms with van der Waals surface area (Å²) in [5.41, 5.74) is 6.72. The average molecular weight is 285 g/mol. The Hall–Kier alpha value is -1.96. The standard InChI is InChI=1S/C11H15N3O4S/c1-4-17-8(15)7-6(5-13-14-10(12)19)11(2,3)18-9(7)16/h5H,4H2,1-3H3,(H3,12,14,19). The average Bonchev–Trinajstić information content (AvgIpc) is 2.48. The summed E-state index contributed by atoms with van der Waals surface area (Å²) in [7, 11) is 0. The van der Waals surface area contributed by atoms with Crippen molar-refractivity contribution in [2.24, 2.45) is 10.8 Å². The first kappa shape index (κ1) is 15.1. The third-order valence-electron chi connectivity index (χ3n) is 2.32. The van der Waals surface area contributed by atoms with Crippen LogP contribution < -0.4 is 11.2 Å². The topological polar surface area (TPSA) is 103 Å². The third-order valence-corrected chi connectivity index (χ3v) is 2.41. The molecule has 0 unspecified atom stereocenters. The second-order valence-electron chi connectivity index (χ2n) is 4.14. The van der Waals surface area contributed by atoms with Crippen LogP contribution in [0.4, 0.5) is 0 Å². The Kier molecular flexibility index (Phi) is 4.60. The zero-order valence-corrected chi connectivity index (χ0v) is 11.7. The van der Waals surface area contributed by atoms with Crippen molar-refractivity contribution in [3.05, 3.63) is 11.1 Å². The van der Waals surface area contributed by atoms with Gasteiger partial charge in [0.25, 0.3) is 0 Å². The molecule has 0 saturated heterocycles. The predicted molar refractivity (Wildman–Crippen MR) is 72.2 cm³/mol. The molecule has 0 radical (unpaired) electrons. The lowest BCUT2D eigenvalue weighted by Gasteiger charge is -2.18. The molecule has 0 amide bonds. The molecular formula is C11H15N3O4S. The van der Waals surface area contributed by atoms with Crippen LogP contribution in [0, 0.1) is 0 Å². The van der Waals surface area contributed by atoms with E-state index in [0.717, 1.165) is 0 Å². The minimum absolute atomic E-state index is 0.0300. The van der Waals surface area contributed by atoms with E-state index in [1.54, 1.807) is 20.8 Å². The van der Waals surface area contributed by atoms with Gasteiger partial charge in [-0.15, -0.1) is 0 Å². The Morgan fingerprint density at radius 2 is 2.26 bits per heavy atom. The molecule has 104 valence electrons. The SMILES string of the molecule is CCOC(=O)C1=C(C=NNC(N)=S)C(C)(C)OC1=O. The van der Waals surface area contributed by atoms with E-state index in [4.69, 9.17) is 15.2 Å². The number of nitrogens with one attached hydrogen (secondary N) is 1. The summed E-state index contributed by atoms with van der Waals surface area (Å²) in [6.07, 6.45) is 1.27. The van der Waals surface area contributed by atoms with Crippen LogP contribution >= 0.6 is 12.2 Å². The maximum atomic E-state index is 11.7. The normalized spacial score (nSPS) is 17.5. The van der Waals surface area contributed by atoms with Crippen LogP contribution in [0.15, 0.2) is 16.2 Å². The molecule has 0 spiro atoms. The number of thiocarbonyl (C=S) groups is 1. The zero-order valence-electron chi connectivity index (χ0n) is 10.9. The van der Waals surface area contributed by atoms with Gasteiger partial charge in [-0.25, -0.2) is 9.59 Å². The van der Waals surface area contributed by atoms with Gasteiger partial charge >= 0.3 is 11.9 Å². The molecule has 1 aliphatic rings. The number of hydrogen-bond donors (Lipinski definition) is 2. The summed E-state index contributed by atoms with van der Waals surface area (Å²) in [5.74, 6) is -1.48. The highest BCUT2D eigenvalue weighted by Gasteiger charge is 2.43. The van der Waals surface area contributed by atoms with Crippen LogP contribution in [-0.2, 0) is 19.1 Å². The highest BCUT2D eigenvalue weighted by Crippen LogP contribution is 2.31. The van der Waals surface area contributed by atoms with Gasteiger partial charge < -0.3 is 15.2 Å². The molecule has 1 aliphatic heterocycles. The number of hydrazone groups is 1. The Morgan fingerprint density at radius 3 is 2.79 bits per heavy atom. The van der Waals surface area contributed by atoms with E-state index >= 15 is 0 Å². The summed E-state index contributed by atoms with van der Waals surface area (Å²) in [4.78, 5) is 23.4. The van der Waals surface area contributed by atoms with Crippen LogP contribution in [0.5, 0.6) is 0 Å². The predicted octanol–water partition coefficient (Wildman–Crippen LogP) is 0.000500. The van der Waals surface area contributed by atoms with E-state index in [1.165, 1.54) is 6.21 Å². The molecule has 0 bridgehead atoms. The number of cyclic esters (lactones) is 1. The Balaban J connectivity index is 3.12. The van der Waals surface area contributed by atoms with Crippen LogP contribution in [-0.4, -0.2) is 35.5 Å². The van der Waals surface area contributed by atoms with Crippen LogP contribution in [0.2, 0.25) is 0 Å². The van der Waals surface area contributed by atoms with Crippen molar-refractivity contribution in [3.63, 3.8) is 0 Å². The van der Waals surface area contributed by atoms with E-state index in [-0.39, 0.29) is 17.3 Å². The highest BCUT2D eigenvalue weighted by atomic mass is 32.1. The van der Waals surface area contributed by atoms with Crippen LogP contribution in [0.25, 0.3) is 0 Å². The first-order valence-electron chi connectivity index (χ1n) is 5.53. The fourth-order valence-corrected chi connectivity index (χ4v) is 1.58. The number of hydrogen-bond acceptors (Lipinski definition) is 6. The highest BCUT2D eigenvalue weighted by molar-refractivity contribution is 7.80. The molecule has 0 atom stereocenters. The summed E-state index contributed by atoms with van der Waals surface area (Å²) < 4.78 is 9.92. The van der Waals surface area contributed by atoms with E-state index < -0.39 is 17.5 Å². The smallest absolute Gasteiger partial charge is 0.346 e. The van der Waals surface area contributed by atoms with E-state index in [9.17, 15) is 9.59 Å². The van der Waals surface area contributed by atoms with Gasteiger partial charge in [-0.3, -0.25) is 5.43 Å². The lowest BCUT2D eigenvalue weighted by molar-refractivity contribution is -0.148. The number of carbonyl (C=O) groups is 2. The molecule has 1 rings (SSSR count). The molecule has 0 aromatic carbocycles. The summed E-state index contributed by atoms with van der Waals surface area (Å²) in [6.45, 7) is 5.08. The Bertz CT molecular complexity index is 482. The monoisotopic (exact) mass is 285 g/mol. The van der Waals surface area contributed by atoms with Gasteiger partial charge in [-0.1, -0.05) is 0 Å². The third kappa shape index (κ3) is 3.50. The van der Waals surface area contributed by atoms with Crippen molar-refractivity contribution in [1.29, 1.82) is 0 Å². The molecule has 0 saturated carbocycles. The Morgan fingerprint density at radius 1 is 1.63 bits per heavy atom. The quantitative estimate of drug-likeness (QED) is 0.246. The lowest BCUT2D eigenvalue weighted by atomic mass is 9.97. The molecular weight excluding hydrogens is 270 g/mol. The fraction of sp³-hybridized carbons (Fsp3) is 0.455. The van der Waals surface area contributed by atoms with Gasteiger partial charge in [-0.2, -0.15) is 5.10 Å². The second-order valence-corrected chi connectivity index (χ2v) is 4.58. The van der Waals surface area contributed by atoms with Crippen molar-refractivity contribution >= 4 is 35.5 Å². The lowest BCUT2D eigenvalue weighted by Crippen LogP contribution is -2.27. The second kappa shape index (κ2) is 5.79. The molecule has 19 heavy (non-hydrogen) atoms. The minimum atomic E-state index is -0.972. The first-order valence-corrected chi connectivity index (χ1v) is 5.94. The van der Waals surface area contributed by atoms with Crippen molar-refractivity contribution in [1.82, 2.24) is 5.43 Å². The number of rotatable bonds is 4. The van der Waals surface area contributed by atoms with E-state index in [1.807, 2.05) is 0 Å². The minimum Gasteiger partial charge on any atom is -0.462 e. The molecule has 0 aromatic rings. The van der Waals surface area contributed by atoms with Crippen molar-refractivity contribution in [3.8, 4) is 0 Å². The number of esters is 2. The van der Waals surface area contributed by atoms with Gasteiger partial charge in [0, 0.05) is 5.57 Å². The number of nitrogens with two attached hydrogens (primary N) is 1. The summed E-state index contributed by atoms with van der Waals surface area (Å²) >= 11 is 4.59. The molecule has 0 aromatic heterocycles. The molecule has 7 nitrogen and oxygen atoms in total. The van der Waals surface area contributed by atoms with Crippen molar-refractivity contribution < 1.29 is 19.1 Å². The van der Waals surface area contributed by atoms with Gasteiger partial charge in [0.15, 0.2) is 10.7 Å². The maximum absolute atomic E-state index is 11.7. The summed E-state index contributed by atoms with van der Waals surface area (Å²) in [6, 6.07) is 0. The Labute approximate surface area is 115 Å². The van der Waals surface area contributed by atoms with E-state index in [0.29, 0.717) is 5.57 Å². The fourth-order valence-electron chi connectivity index (χ4n) is 1.53.